The molecule has 37 heavy (non-hydrogen) atoms. The van der Waals surface area contributed by atoms with E-state index in [9.17, 15) is 23.1 Å². The van der Waals surface area contributed by atoms with E-state index < -0.39 is 21.9 Å². The Balaban J connectivity index is 1.45. The number of carboxylic acids is 1. The summed E-state index contributed by atoms with van der Waals surface area (Å²) < 4.78 is 28.9. The van der Waals surface area contributed by atoms with Crippen molar-refractivity contribution in [3.05, 3.63) is 81.4 Å². The molecule has 4 aromatic rings. The number of azo groups is 1. The molecule has 1 aromatic heterocycles. The summed E-state index contributed by atoms with van der Waals surface area (Å²) in [6.45, 7) is 1.75. The van der Waals surface area contributed by atoms with Crippen molar-refractivity contribution in [1.29, 1.82) is 0 Å². The Kier molecular flexibility index (Phi) is 7.59. The number of carbonyl (C=O) groups is 2. The first-order valence-electron chi connectivity index (χ1n) is 10.9. The van der Waals surface area contributed by atoms with E-state index >= 15 is 0 Å². The minimum atomic E-state index is -3.91. The van der Waals surface area contributed by atoms with Gasteiger partial charge < -0.3 is 15.2 Å². The standard InChI is InChI=1S/C25H21IN4O6S/c1-14(12-22(31)32)15-4-9-19(10-5-15)37(35,36)30-18-7-2-16(3-8-18)24(33)29-28-23-20-13-17(26)6-11-21(20)27-25(23)34/h2-11,13-14,27,30,34H,12H2,1H3,(H,31,32). The van der Waals surface area contributed by atoms with Crippen LogP contribution in [0.25, 0.3) is 10.9 Å². The fourth-order valence-electron chi connectivity index (χ4n) is 3.64. The molecule has 4 rings (SSSR count). The zero-order chi connectivity index (χ0) is 26.7. The van der Waals surface area contributed by atoms with Crippen LogP contribution < -0.4 is 4.72 Å². The average molecular weight is 632 g/mol. The predicted octanol–water partition coefficient (Wildman–Crippen LogP) is 5.78. The highest BCUT2D eigenvalue weighted by molar-refractivity contribution is 14.1. The van der Waals surface area contributed by atoms with Gasteiger partial charge in [0, 0.05) is 20.2 Å². The number of halogens is 1. The molecule has 0 saturated carbocycles. The molecule has 1 amide bonds. The lowest BCUT2D eigenvalue weighted by Gasteiger charge is -2.11. The van der Waals surface area contributed by atoms with Crippen LogP contribution in [0.3, 0.4) is 0 Å². The van der Waals surface area contributed by atoms with E-state index in [1.54, 1.807) is 31.2 Å². The average Bonchev–Trinajstić information content (AvgIpc) is 3.16. The molecule has 0 fully saturated rings. The summed E-state index contributed by atoms with van der Waals surface area (Å²) in [5.74, 6) is -2.06. The largest absolute Gasteiger partial charge is 0.493 e. The van der Waals surface area contributed by atoms with Gasteiger partial charge in [-0.3, -0.25) is 14.3 Å². The Morgan fingerprint density at radius 3 is 2.38 bits per heavy atom. The number of aromatic amines is 1. The number of H-pyrrole nitrogens is 1. The topological polar surface area (TPSA) is 161 Å². The van der Waals surface area contributed by atoms with Crippen LogP contribution in [0.4, 0.5) is 11.4 Å². The Morgan fingerprint density at radius 1 is 1.05 bits per heavy atom. The van der Waals surface area contributed by atoms with Gasteiger partial charge in [-0.25, -0.2) is 8.42 Å². The normalized spacial score (nSPS) is 12.6. The van der Waals surface area contributed by atoms with E-state index in [0.29, 0.717) is 16.5 Å². The highest BCUT2D eigenvalue weighted by Crippen LogP contribution is 2.36. The molecular weight excluding hydrogens is 611 g/mol. The molecule has 0 aliphatic carbocycles. The number of aromatic hydroxyl groups is 1. The summed E-state index contributed by atoms with van der Waals surface area (Å²) in [5.41, 5.74) is 1.93. The maximum atomic E-state index is 12.7. The second-order valence-electron chi connectivity index (χ2n) is 8.27. The van der Waals surface area contributed by atoms with E-state index in [1.165, 1.54) is 36.4 Å². The molecule has 0 radical (unpaired) electrons. The maximum absolute atomic E-state index is 12.7. The smallest absolute Gasteiger partial charge is 0.303 e. The summed E-state index contributed by atoms with van der Waals surface area (Å²) in [6.07, 6.45) is -0.0582. The summed E-state index contributed by atoms with van der Waals surface area (Å²) >= 11 is 2.13. The van der Waals surface area contributed by atoms with Crippen molar-refractivity contribution in [2.24, 2.45) is 10.2 Å². The Labute approximate surface area is 225 Å². The molecule has 0 bridgehead atoms. The summed E-state index contributed by atoms with van der Waals surface area (Å²) in [7, 11) is -3.91. The van der Waals surface area contributed by atoms with E-state index in [1.807, 2.05) is 6.07 Å². The van der Waals surface area contributed by atoms with Crippen LogP contribution in [0.15, 0.2) is 81.9 Å². The minimum Gasteiger partial charge on any atom is -0.493 e. The van der Waals surface area contributed by atoms with Crippen molar-refractivity contribution in [2.75, 3.05) is 4.72 Å². The van der Waals surface area contributed by atoms with Gasteiger partial charge in [0.1, 0.15) is 0 Å². The lowest BCUT2D eigenvalue weighted by Crippen LogP contribution is -2.13. The molecule has 3 aromatic carbocycles. The van der Waals surface area contributed by atoms with Gasteiger partial charge in [0.2, 0.25) is 5.88 Å². The van der Waals surface area contributed by atoms with Crippen molar-refractivity contribution in [3.8, 4) is 5.88 Å². The fourth-order valence-corrected chi connectivity index (χ4v) is 5.19. The molecule has 4 N–H and O–H groups in total. The van der Waals surface area contributed by atoms with Gasteiger partial charge in [0.05, 0.1) is 16.8 Å². The second-order valence-corrected chi connectivity index (χ2v) is 11.2. The SMILES string of the molecule is CC(CC(=O)O)c1ccc(S(=O)(=O)Nc2ccc(C(=O)N=Nc3c(O)[nH]c4ccc(I)cc34)cc2)cc1. The number of nitrogens with one attached hydrogen (secondary N) is 2. The number of sulfonamides is 1. The van der Waals surface area contributed by atoms with E-state index in [4.69, 9.17) is 5.11 Å². The van der Waals surface area contributed by atoms with Crippen molar-refractivity contribution >= 4 is 66.8 Å². The van der Waals surface area contributed by atoms with Gasteiger partial charge in [-0.1, -0.05) is 19.1 Å². The van der Waals surface area contributed by atoms with Crippen LogP contribution >= 0.6 is 22.6 Å². The number of hydrogen-bond acceptors (Lipinski definition) is 6. The van der Waals surface area contributed by atoms with Crippen LogP contribution in [0.1, 0.15) is 35.2 Å². The number of hydrogen-bond donors (Lipinski definition) is 4. The number of anilines is 1. The van der Waals surface area contributed by atoms with Gasteiger partial charge in [-0.2, -0.15) is 0 Å². The Morgan fingerprint density at radius 2 is 1.73 bits per heavy atom. The molecule has 0 aliphatic rings. The zero-order valence-electron chi connectivity index (χ0n) is 19.3. The molecule has 0 aliphatic heterocycles. The number of aromatic nitrogens is 1. The van der Waals surface area contributed by atoms with Gasteiger partial charge in [-0.05, 0) is 88.7 Å². The Hall–Kier alpha value is -3.78. The van der Waals surface area contributed by atoms with E-state index in [2.05, 4.69) is 42.5 Å². The maximum Gasteiger partial charge on any atom is 0.303 e. The first-order chi connectivity index (χ1) is 17.5. The molecule has 190 valence electrons. The van der Waals surface area contributed by atoms with E-state index in [0.717, 1.165) is 3.57 Å². The van der Waals surface area contributed by atoms with Crippen LogP contribution in [-0.2, 0) is 14.8 Å². The lowest BCUT2D eigenvalue weighted by atomic mass is 9.98. The first-order valence-corrected chi connectivity index (χ1v) is 13.5. The predicted molar refractivity (Wildman–Crippen MR) is 146 cm³/mol. The highest BCUT2D eigenvalue weighted by Gasteiger charge is 2.17. The number of benzene rings is 3. The van der Waals surface area contributed by atoms with Crippen LogP contribution in [0, 0.1) is 3.57 Å². The molecular formula is C25H21IN4O6S. The molecule has 0 spiro atoms. The van der Waals surface area contributed by atoms with Gasteiger partial charge >= 0.3 is 5.97 Å². The third-order valence-electron chi connectivity index (χ3n) is 5.58. The second kappa shape index (κ2) is 10.7. The van der Waals surface area contributed by atoms with Crippen molar-refractivity contribution in [1.82, 2.24) is 4.98 Å². The summed E-state index contributed by atoms with van der Waals surface area (Å²) in [6, 6.07) is 17.1. The number of carboxylic acid groups (broad SMARTS) is 1. The number of amides is 1. The van der Waals surface area contributed by atoms with Gasteiger partial charge in [0.25, 0.3) is 15.9 Å². The molecule has 1 heterocycles. The highest BCUT2D eigenvalue weighted by atomic mass is 127. The third-order valence-corrected chi connectivity index (χ3v) is 7.65. The monoisotopic (exact) mass is 632 g/mol. The molecule has 10 nitrogen and oxygen atoms in total. The number of rotatable bonds is 8. The fraction of sp³-hybridized carbons (Fsp3) is 0.120. The zero-order valence-corrected chi connectivity index (χ0v) is 22.3. The first kappa shape index (κ1) is 26.3. The quantitative estimate of drug-likeness (QED) is 0.142. The Bertz CT molecular complexity index is 1610. The minimum absolute atomic E-state index is 0.0147. The number of fused-ring (bicyclic) bond motifs is 1. The van der Waals surface area contributed by atoms with Crippen molar-refractivity contribution in [3.63, 3.8) is 0 Å². The number of nitrogens with zero attached hydrogens (tertiary/aromatic N) is 2. The van der Waals surface area contributed by atoms with Crippen LogP contribution in [0.2, 0.25) is 0 Å². The lowest BCUT2D eigenvalue weighted by molar-refractivity contribution is -0.137. The van der Waals surface area contributed by atoms with Gasteiger partial charge in [0.15, 0.2) is 5.69 Å². The summed E-state index contributed by atoms with van der Waals surface area (Å²) in [5, 5.41) is 27.3. The third kappa shape index (κ3) is 6.14. The van der Waals surface area contributed by atoms with Crippen molar-refractivity contribution in [2.45, 2.75) is 24.2 Å². The van der Waals surface area contributed by atoms with Crippen LogP contribution in [0.5, 0.6) is 5.88 Å². The number of aliphatic carboxylic acids is 1. The molecule has 12 heteroatoms. The summed E-state index contributed by atoms with van der Waals surface area (Å²) in [4.78, 5) is 26.2. The number of carbonyl (C=O) groups excluding carboxylic acids is 1. The van der Waals surface area contributed by atoms with E-state index in [-0.39, 0.29) is 40.1 Å². The molecule has 1 unspecified atom stereocenters. The van der Waals surface area contributed by atoms with Gasteiger partial charge in [-0.15, -0.1) is 10.2 Å². The molecule has 1 atom stereocenters. The van der Waals surface area contributed by atoms with Crippen molar-refractivity contribution < 1.29 is 28.2 Å². The molecule has 0 saturated heterocycles. The van der Waals surface area contributed by atoms with Crippen LogP contribution in [-0.4, -0.2) is 35.5 Å².